The summed E-state index contributed by atoms with van der Waals surface area (Å²) in [7, 11) is 0. The van der Waals surface area contributed by atoms with E-state index in [1.165, 1.54) is 5.56 Å². The average molecular weight is 305 g/mol. The molecule has 2 nitrogen and oxygen atoms in total. The predicted molar refractivity (Wildman–Crippen MR) is 78.2 cm³/mol. The van der Waals surface area contributed by atoms with Crippen LogP contribution >= 0.6 is 15.9 Å². The first kappa shape index (κ1) is 13.2. The van der Waals surface area contributed by atoms with Gasteiger partial charge in [0.05, 0.1) is 0 Å². The van der Waals surface area contributed by atoms with Gasteiger partial charge in [0.15, 0.2) is 0 Å². The summed E-state index contributed by atoms with van der Waals surface area (Å²) < 4.78 is 0.992. The lowest BCUT2D eigenvalue weighted by Gasteiger charge is -2.29. The molecular weight excluding hydrogens is 288 g/mol. The molecule has 1 heterocycles. The maximum Gasteiger partial charge on any atom is 0.0448 e. The van der Waals surface area contributed by atoms with Crippen molar-refractivity contribution < 1.29 is 0 Å². The third-order valence-corrected chi connectivity index (χ3v) is 3.69. The molecule has 0 saturated carbocycles. The van der Waals surface area contributed by atoms with Crippen molar-refractivity contribution in [3.63, 3.8) is 0 Å². The van der Waals surface area contributed by atoms with E-state index < -0.39 is 0 Å². The zero-order valence-electron chi connectivity index (χ0n) is 10.4. The van der Waals surface area contributed by atoms with Crippen LogP contribution in [0.4, 0.5) is 0 Å². The van der Waals surface area contributed by atoms with E-state index in [-0.39, 0.29) is 5.54 Å². The molecule has 3 heteroatoms. The van der Waals surface area contributed by atoms with Crippen LogP contribution in [-0.2, 0) is 12.0 Å². The van der Waals surface area contributed by atoms with Crippen molar-refractivity contribution in [2.24, 2.45) is 5.73 Å². The summed E-state index contributed by atoms with van der Waals surface area (Å²) in [5.41, 5.74) is 8.55. The summed E-state index contributed by atoms with van der Waals surface area (Å²) in [5.74, 6) is 0. The number of hydrogen-bond acceptors (Lipinski definition) is 2. The summed E-state index contributed by atoms with van der Waals surface area (Å²) in [6.45, 7) is 2.12. The first-order valence-corrected chi connectivity index (χ1v) is 6.87. The summed E-state index contributed by atoms with van der Waals surface area (Å²) in [6.07, 6.45) is 5.35. The van der Waals surface area contributed by atoms with Gasteiger partial charge in [-0.1, -0.05) is 37.3 Å². The number of hydrogen-bond donors (Lipinski definition) is 1. The number of halogens is 1. The third kappa shape index (κ3) is 2.98. The summed E-state index contributed by atoms with van der Waals surface area (Å²) in [6, 6.07) is 12.3. The molecule has 1 unspecified atom stereocenters. The molecule has 0 fully saturated rings. The van der Waals surface area contributed by atoms with Gasteiger partial charge in [-0.25, -0.2) is 0 Å². The maximum absolute atomic E-state index is 6.56. The third-order valence-electron chi connectivity index (χ3n) is 3.26. The van der Waals surface area contributed by atoms with Crippen LogP contribution in [0.2, 0.25) is 0 Å². The molecular formula is C15H17BrN2. The Labute approximate surface area is 116 Å². The zero-order chi connectivity index (χ0) is 13.0. The smallest absolute Gasteiger partial charge is 0.0448 e. The minimum absolute atomic E-state index is 0.330. The average Bonchev–Trinajstić information content (AvgIpc) is 2.39. The minimum Gasteiger partial charge on any atom is -0.321 e. The fourth-order valence-corrected chi connectivity index (χ4v) is 2.53. The summed E-state index contributed by atoms with van der Waals surface area (Å²) >= 11 is 3.44. The molecule has 94 valence electrons. The van der Waals surface area contributed by atoms with Crippen molar-refractivity contribution in [3.8, 4) is 0 Å². The van der Waals surface area contributed by atoms with E-state index in [4.69, 9.17) is 5.73 Å². The molecule has 0 aliphatic rings. The first-order chi connectivity index (χ1) is 8.64. The van der Waals surface area contributed by atoms with E-state index in [0.717, 1.165) is 22.9 Å². The van der Waals surface area contributed by atoms with Gasteiger partial charge in [-0.05, 0) is 46.0 Å². The lowest BCUT2D eigenvalue weighted by Crippen LogP contribution is -2.38. The first-order valence-electron chi connectivity index (χ1n) is 6.08. The Morgan fingerprint density at radius 2 is 1.94 bits per heavy atom. The Morgan fingerprint density at radius 1 is 1.22 bits per heavy atom. The molecule has 0 radical (unpaired) electrons. The van der Waals surface area contributed by atoms with Crippen LogP contribution in [0.15, 0.2) is 53.3 Å². The van der Waals surface area contributed by atoms with Gasteiger partial charge in [-0.3, -0.25) is 4.98 Å². The molecule has 2 rings (SSSR count). The standard InChI is InChI=1S/C15H17BrN2/c1-2-15(17,13-6-4-3-5-7-13)9-12-8-14(16)11-18-10-12/h3-8,10-11H,2,9,17H2,1H3. The van der Waals surface area contributed by atoms with Crippen LogP contribution in [0, 0.1) is 0 Å². The van der Waals surface area contributed by atoms with Gasteiger partial charge >= 0.3 is 0 Å². The summed E-state index contributed by atoms with van der Waals surface area (Å²) in [4.78, 5) is 4.19. The number of benzene rings is 1. The molecule has 0 aliphatic carbocycles. The second kappa shape index (κ2) is 5.63. The monoisotopic (exact) mass is 304 g/mol. The molecule has 0 spiro atoms. The molecule has 0 saturated heterocycles. The Hall–Kier alpha value is -1.19. The van der Waals surface area contributed by atoms with Crippen molar-refractivity contribution in [2.45, 2.75) is 25.3 Å². The van der Waals surface area contributed by atoms with Crippen molar-refractivity contribution in [1.29, 1.82) is 0 Å². The van der Waals surface area contributed by atoms with Crippen LogP contribution in [0.25, 0.3) is 0 Å². The quantitative estimate of drug-likeness (QED) is 0.936. The van der Waals surface area contributed by atoms with Crippen LogP contribution in [-0.4, -0.2) is 4.98 Å². The fourth-order valence-electron chi connectivity index (χ4n) is 2.12. The Bertz CT molecular complexity index is 513. The fraction of sp³-hybridized carbons (Fsp3) is 0.267. The minimum atomic E-state index is -0.330. The Kier molecular flexibility index (Phi) is 4.15. The Morgan fingerprint density at radius 3 is 2.56 bits per heavy atom. The van der Waals surface area contributed by atoms with Crippen molar-refractivity contribution in [1.82, 2.24) is 4.98 Å². The largest absolute Gasteiger partial charge is 0.321 e. The van der Waals surface area contributed by atoms with E-state index in [9.17, 15) is 0 Å². The van der Waals surface area contributed by atoms with E-state index in [0.29, 0.717) is 0 Å². The zero-order valence-corrected chi connectivity index (χ0v) is 12.0. The molecule has 0 bridgehead atoms. The molecule has 1 aromatic carbocycles. The molecule has 18 heavy (non-hydrogen) atoms. The molecule has 2 aromatic rings. The van der Waals surface area contributed by atoms with Crippen LogP contribution in [0.5, 0.6) is 0 Å². The van der Waals surface area contributed by atoms with Crippen molar-refractivity contribution >= 4 is 15.9 Å². The number of rotatable bonds is 4. The molecule has 2 N–H and O–H groups in total. The highest BCUT2D eigenvalue weighted by molar-refractivity contribution is 9.10. The van der Waals surface area contributed by atoms with Gasteiger partial charge in [0.25, 0.3) is 0 Å². The van der Waals surface area contributed by atoms with Gasteiger partial charge in [0, 0.05) is 22.4 Å². The second-order valence-electron chi connectivity index (χ2n) is 4.56. The number of nitrogens with zero attached hydrogens (tertiary/aromatic N) is 1. The predicted octanol–water partition coefficient (Wildman–Crippen LogP) is 3.65. The second-order valence-corrected chi connectivity index (χ2v) is 5.48. The maximum atomic E-state index is 6.56. The Balaban J connectivity index is 2.29. The molecule has 0 aliphatic heterocycles. The number of aromatic nitrogens is 1. The van der Waals surface area contributed by atoms with Crippen LogP contribution < -0.4 is 5.73 Å². The van der Waals surface area contributed by atoms with Crippen LogP contribution in [0.1, 0.15) is 24.5 Å². The lowest BCUT2D eigenvalue weighted by molar-refractivity contribution is 0.424. The molecule has 0 amide bonds. The van der Waals surface area contributed by atoms with Gasteiger partial charge in [-0.15, -0.1) is 0 Å². The molecule has 1 atom stereocenters. The van der Waals surface area contributed by atoms with E-state index in [1.807, 2.05) is 24.4 Å². The van der Waals surface area contributed by atoms with Crippen molar-refractivity contribution in [2.75, 3.05) is 0 Å². The highest BCUT2D eigenvalue weighted by Crippen LogP contribution is 2.27. The number of pyridine rings is 1. The topological polar surface area (TPSA) is 38.9 Å². The van der Waals surface area contributed by atoms with Crippen LogP contribution in [0.3, 0.4) is 0 Å². The number of nitrogens with two attached hydrogens (primary N) is 1. The van der Waals surface area contributed by atoms with E-state index in [1.54, 1.807) is 6.20 Å². The van der Waals surface area contributed by atoms with Gasteiger partial charge < -0.3 is 5.73 Å². The SMILES string of the molecule is CCC(N)(Cc1cncc(Br)c1)c1ccccc1. The van der Waals surface area contributed by atoms with Crippen molar-refractivity contribution in [3.05, 3.63) is 64.4 Å². The summed E-state index contributed by atoms with van der Waals surface area (Å²) in [5, 5.41) is 0. The van der Waals surface area contributed by atoms with E-state index in [2.05, 4.69) is 46.0 Å². The normalized spacial score (nSPS) is 14.2. The van der Waals surface area contributed by atoms with Gasteiger partial charge in [0.2, 0.25) is 0 Å². The highest BCUT2D eigenvalue weighted by atomic mass is 79.9. The molecule has 1 aromatic heterocycles. The lowest BCUT2D eigenvalue weighted by atomic mass is 9.83. The van der Waals surface area contributed by atoms with Gasteiger partial charge in [0.1, 0.15) is 0 Å². The van der Waals surface area contributed by atoms with Gasteiger partial charge in [-0.2, -0.15) is 0 Å². The highest BCUT2D eigenvalue weighted by Gasteiger charge is 2.25. The van der Waals surface area contributed by atoms with E-state index >= 15 is 0 Å².